The van der Waals surface area contributed by atoms with Crippen LogP contribution < -0.4 is 11.1 Å². The third kappa shape index (κ3) is 5.53. The Morgan fingerprint density at radius 3 is 2.89 bits per heavy atom. The number of thioether (sulfide) groups is 1. The smallest absolute Gasteiger partial charge is 0.226 e. The molecule has 0 spiro atoms. The molecule has 100 valence electrons. The van der Waals surface area contributed by atoms with Crippen molar-refractivity contribution in [2.24, 2.45) is 5.73 Å². The molecule has 0 radical (unpaired) electrons. The number of para-hydroxylation sites is 1. The SMILES string of the molecule is CCSc1ccccc1NC(=O)CCOCCN. The van der Waals surface area contributed by atoms with Crippen molar-refractivity contribution in [1.29, 1.82) is 0 Å². The monoisotopic (exact) mass is 268 g/mol. The van der Waals surface area contributed by atoms with E-state index in [0.29, 0.717) is 26.2 Å². The molecule has 5 heteroatoms. The Balaban J connectivity index is 2.43. The Hall–Kier alpha value is -1.04. The predicted octanol–water partition coefficient (Wildman–Crippen LogP) is 2.10. The highest BCUT2D eigenvalue weighted by molar-refractivity contribution is 7.99. The molecule has 0 aliphatic carbocycles. The van der Waals surface area contributed by atoms with Crippen LogP contribution in [-0.2, 0) is 9.53 Å². The van der Waals surface area contributed by atoms with Crippen LogP contribution in [-0.4, -0.2) is 31.4 Å². The number of ether oxygens (including phenoxy) is 1. The lowest BCUT2D eigenvalue weighted by atomic mass is 10.3. The quantitative estimate of drug-likeness (QED) is 0.560. The molecular formula is C13H20N2O2S. The number of hydrogen-bond acceptors (Lipinski definition) is 4. The van der Waals surface area contributed by atoms with Gasteiger partial charge in [0, 0.05) is 11.4 Å². The molecule has 0 aliphatic rings. The highest BCUT2D eigenvalue weighted by Gasteiger charge is 2.06. The van der Waals surface area contributed by atoms with E-state index in [0.717, 1.165) is 16.3 Å². The maximum absolute atomic E-state index is 11.7. The normalized spacial score (nSPS) is 10.3. The van der Waals surface area contributed by atoms with Crippen LogP contribution >= 0.6 is 11.8 Å². The molecule has 0 atom stereocenters. The van der Waals surface area contributed by atoms with Crippen molar-refractivity contribution in [3.63, 3.8) is 0 Å². The molecule has 4 nitrogen and oxygen atoms in total. The number of nitrogens with one attached hydrogen (secondary N) is 1. The summed E-state index contributed by atoms with van der Waals surface area (Å²) in [6.07, 6.45) is 0.352. The van der Waals surface area contributed by atoms with Gasteiger partial charge in [-0.05, 0) is 17.9 Å². The largest absolute Gasteiger partial charge is 0.380 e. The van der Waals surface area contributed by atoms with E-state index in [1.807, 2.05) is 24.3 Å². The zero-order chi connectivity index (χ0) is 13.2. The van der Waals surface area contributed by atoms with E-state index in [9.17, 15) is 4.79 Å². The maximum Gasteiger partial charge on any atom is 0.226 e. The summed E-state index contributed by atoms with van der Waals surface area (Å²) in [4.78, 5) is 12.8. The Kier molecular flexibility index (Phi) is 7.48. The molecule has 0 fully saturated rings. The van der Waals surface area contributed by atoms with Gasteiger partial charge in [0.25, 0.3) is 0 Å². The van der Waals surface area contributed by atoms with Crippen molar-refractivity contribution in [3.05, 3.63) is 24.3 Å². The molecule has 18 heavy (non-hydrogen) atoms. The molecule has 1 amide bonds. The second kappa shape index (κ2) is 8.97. The van der Waals surface area contributed by atoms with E-state index >= 15 is 0 Å². The fourth-order valence-electron chi connectivity index (χ4n) is 1.41. The van der Waals surface area contributed by atoms with Gasteiger partial charge in [0.2, 0.25) is 5.91 Å². The lowest BCUT2D eigenvalue weighted by Crippen LogP contribution is -2.16. The number of hydrogen-bond donors (Lipinski definition) is 2. The minimum atomic E-state index is -0.0313. The Bertz CT molecular complexity index is 372. The predicted molar refractivity (Wildman–Crippen MR) is 76.0 cm³/mol. The maximum atomic E-state index is 11.7. The zero-order valence-electron chi connectivity index (χ0n) is 10.6. The van der Waals surface area contributed by atoms with Gasteiger partial charge >= 0.3 is 0 Å². The second-order valence-electron chi connectivity index (χ2n) is 3.63. The number of benzene rings is 1. The summed E-state index contributed by atoms with van der Waals surface area (Å²) >= 11 is 1.71. The average Bonchev–Trinajstić information content (AvgIpc) is 2.37. The highest BCUT2D eigenvalue weighted by atomic mass is 32.2. The van der Waals surface area contributed by atoms with Gasteiger partial charge in [-0.25, -0.2) is 0 Å². The summed E-state index contributed by atoms with van der Waals surface area (Å²) in [6, 6.07) is 7.81. The van der Waals surface area contributed by atoms with Crippen LogP contribution in [0.3, 0.4) is 0 Å². The first-order chi connectivity index (χ1) is 8.77. The van der Waals surface area contributed by atoms with Crippen molar-refractivity contribution < 1.29 is 9.53 Å². The fourth-order valence-corrected chi connectivity index (χ4v) is 2.17. The topological polar surface area (TPSA) is 64.3 Å². The van der Waals surface area contributed by atoms with Gasteiger partial charge < -0.3 is 15.8 Å². The average molecular weight is 268 g/mol. The minimum absolute atomic E-state index is 0.0313. The molecule has 1 aromatic rings. The first-order valence-corrected chi connectivity index (χ1v) is 7.06. The zero-order valence-corrected chi connectivity index (χ0v) is 11.5. The lowest BCUT2D eigenvalue weighted by Gasteiger charge is -2.10. The van der Waals surface area contributed by atoms with E-state index in [1.54, 1.807) is 11.8 Å². The van der Waals surface area contributed by atoms with Gasteiger partial charge in [0.1, 0.15) is 0 Å². The van der Waals surface area contributed by atoms with Crippen LogP contribution in [0.4, 0.5) is 5.69 Å². The molecule has 1 aromatic carbocycles. The van der Waals surface area contributed by atoms with Crippen molar-refractivity contribution in [2.45, 2.75) is 18.2 Å². The van der Waals surface area contributed by atoms with Crippen LogP contribution in [0.5, 0.6) is 0 Å². The van der Waals surface area contributed by atoms with E-state index in [1.165, 1.54) is 0 Å². The van der Waals surface area contributed by atoms with Crippen LogP contribution in [0.25, 0.3) is 0 Å². The number of rotatable bonds is 8. The molecule has 0 bridgehead atoms. The van der Waals surface area contributed by atoms with Gasteiger partial charge in [-0.3, -0.25) is 4.79 Å². The third-order valence-electron chi connectivity index (χ3n) is 2.20. The first kappa shape index (κ1) is 15.0. The third-order valence-corrected chi connectivity index (χ3v) is 3.15. The number of nitrogens with two attached hydrogens (primary N) is 1. The molecule has 0 aromatic heterocycles. The minimum Gasteiger partial charge on any atom is -0.380 e. The van der Waals surface area contributed by atoms with Crippen LogP contribution in [0.1, 0.15) is 13.3 Å². The fraction of sp³-hybridized carbons (Fsp3) is 0.462. The summed E-state index contributed by atoms with van der Waals surface area (Å²) in [5, 5.41) is 2.90. The molecule has 0 saturated carbocycles. The Morgan fingerprint density at radius 2 is 2.17 bits per heavy atom. The molecule has 0 heterocycles. The molecule has 3 N–H and O–H groups in total. The van der Waals surface area contributed by atoms with Crippen molar-refractivity contribution >= 4 is 23.4 Å². The Morgan fingerprint density at radius 1 is 1.39 bits per heavy atom. The van der Waals surface area contributed by atoms with Gasteiger partial charge in [-0.15, -0.1) is 11.8 Å². The molecule has 1 rings (SSSR count). The highest BCUT2D eigenvalue weighted by Crippen LogP contribution is 2.26. The molecule has 0 saturated heterocycles. The van der Waals surface area contributed by atoms with Crippen LogP contribution in [0.15, 0.2) is 29.2 Å². The van der Waals surface area contributed by atoms with Crippen LogP contribution in [0, 0.1) is 0 Å². The van der Waals surface area contributed by atoms with Crippen molar-refractivity contribution in [1.82, 2.24) is 0 Å². The van der Waals surface area contributed by atoms with Crippen LogP contribution in [0.2, 0.25) is 0 Å². The van der Waals surface area contributed by atoms with E-state index in [2.05, 4.69) is 12.2 Å². The standard InChI is InChI=1S/C13H20N2O2S/c1-2-18-12-6-4-3-5-11(12)15-13(16)7-9-17-10-8-14/h3-6H,2,7-10,14H2,1H3,(H,15,16). The number of carbonyl (C=O) groups excluding carboxylic acids is 1. The molecule has 0 unspecified atom stereocenters. The lowest BCUT2D eigenvalue weighted by molar-refractivity contribution is -0.117. The second-order valence-corrected chi connectivity index (χ2v) is 4.93. The molecular weight excluding hydrogens is 248 g/mol. The van der Waals surface area contributed by atoms with Gasteiger partial charge in [0.05, 0.1) is 25.3 Å². The van der Waals surface area contributed by atoms with Gasteiger partial charge in [-0.1, -0.05) is 19.1 Å². The van der Waals surface area contributed by atoms with Gasteiger partial charge in [0.15, 0.2) is 0 Å². The van der Waals surface area contributed by atoms with Crippen molar-refractivity contribution in [2.75, 3.05) is 30.8 Å². The summed E-state index contributed by atoms with van der Waals surface area (Å²) < 4.78 is 5.18. The summed E-state index contributed by atoms with van der Waals surface area (Å²) in [5.74, 6) is 0.947. The summed E-state index contributed by atoms with van der Waals surface area (Å²) in [6.45, 7) is 3.48. The van der Waals surface area contributed by atoms with Gasteiger partial charge in [-0.2, -0.15) is 0 Å². The van der Waals surface area contributed by atoms with Crippen molar-refractivity contribution in [3.8, 4) is 0 Å². The summed E-state index contributed by atoms with van der Waals surface area (Å²) in [5.41, 5.74) is 6.16. The number of carbonyl (C=O) groups is 1. The molecule has 0 aliphatic heterocycles. The Labute approximate surface area is 112 Å². The summed E-state index contributed by atoms with van der Waals surface area (Å²) in [7, 11) is 0. The first-order valence-electron chi connectivity index (χ1n) is 6.07. The van der Waals surface area contributed by atoms with E-state index in [-0.39, 0.29) is 5.91 Å². The van der Waals surface area contributed by atoms with E-state index < -0.39 is 0 Å². The number of amides is 1. The van der Waals surface area contributed by atoms with E-state index in [4.69, 9.17) is 10.5 Å². The number of anilines is 1.